The number of halogens is 1. The van der Waals surface area contributed by atoms with E-state index < -0.39 is 0 Å². The van der Waals surface area contributed by atoms with Crippen LogP contribution in [0.25, 0.3) is 0 Å². The second-order valence-electron chi connectivity index (χ2n) is 3.84. The quantitative estimate of drug-likeness (QED) is 0.643. The third-order valence-corrected chi connectivity index (χ3v) is 2.90. The monoisotopic (exact) mass is 252 g/mol. The molecule has 98 valence electrons. The van der Waals surface area contributed by atoms with Gasteiger partial charge in [0.15, 0.2) is 0 Å². The average molecular weight is 253 g/mol. The summed E-state index contributed by atoms with van der Waals surface area (Å²) in [5.41, 5.74) is 5.47. The Balaban J connectivity index is 0. The molecule has 0 radical (unpaired) electrons. The first-order valence-corrected chi connectivity index (χ1v) is 5.64. The van der Waals surface area contributed by atoms with E-state index in [1.165, 1.54) is 0 Å². The fourth-order valence-corrected chi connectivity index (χ4v) is 1.50. The molecule has 0 aromatic rings. The van der Waals surface area contributed by atoms with Crippen molar-refractivity contribution in [2.24, 2.45) is 5.73 Å². The highest BCUT2D eigenvalue weighted by atomic mass is 35.5. The molecule has 1 amide bonds. The first-order valence-electron chi connectivity index (χ1n) is 5.64. The summed E-state index contributed by atoms with van der Waals surface area (Å²) in [6, 6.07) is 0. The molecule has 5 heteroatoms. The summed E-state index contributed by atoms with van der Waals surface area (Å²) < 4.78 is 4.90. The van der Waals surface area contributed by atoms with Crippen molar-refractivity contribution in [3.63, 3.8) is 0 Å². The fourth-order valence-electron chi connectivity index (χ4n) is 1.50. The lowest BCUT2D eigenvalue weighted by molar-refractivity contribution is -0.123. The van der Waals surface area contributed by atoms with Crippen molar-refractivity contribution in [3.05, 3.63) is 0 Å². The third kappa shape index (κ3) is 6.30. The molecular weight excluding hydrogens is 228 g/mol. The summed E-state index contributed by atoms with van der Waals surface area (Å²) in [6.07, 6.45) is 3.01. The van der Waals surface area contributed by atoms with Crippen molar-refractivity contribution in [2.45, 2.75) is 45.1 Å². The highest BCUT2D eigenvalue weighted by molar-refractivity contribution is 5.85. The Morgan fingerprint density at radius 2 is 1.94 bits per heavy atom. The molecule has 0 aliphatic heterocycles. The maximum Gasteiger partial charge on any atom is 0.220 e. The van der Waals surface area contributed by atoms with Gasteiger partial charge in [-0.05, 0) is 19.3 Å². The number of carbonyl (C=O) groups excluding carboxylic acids is 1. The van der Waals surface area contributed by atoms with E-state index in [2.05, 4.69) is 5.32 Å². The number of methoxy groups -OCH3 is 1. The van der Waals surface area contributed by atoms with Gasteiger partial charge in [-0.3, -0.25) is 4.79 Å². The zero-order valence-corrected chi connectivity index (χ0v) is 11.4. The van der Waals surface area contributed by atoms with E-state index in [9.17, 15) is 4.79 Å². The van der Waals surface area contributed by atoms with Gasteiger partial charge in [0.1, 0.15) is 0 Å². The van der Waals surface area contributed by atoms with Gasteiger partial charge in [0.2, 0.25) is 5.91 Å². The highest BCUT2D eigenvalue weighted by Crippen LogP contribution is 2.13. The summed E-state index contributed by atoms with van der Waals surface area (Å²) >= 11 is 0. The van der Waals surface area contributed by atoms with Crippen molar-refractivity contribution in [1.82, 2.24) is 5.32 Å². The second-order valence-corrected chi connectivity index (χ2v) is 3.84. The van der Waals surface area contributed by atoms with Crippen LogP contribution in [0.3, 0.4) is 0 Å². The van der Waals surface area contributed by atoms with E-state index in [4.69, 9.17) is 10.5 Å². The van der Waals surface area contributed by atoms with Crippen molar-refractivity contribution >= 4 is 18.3 Å². The summed E-state index contributed by atoms with van der Waals surface area (Å²) in [4.78, 5) is 11.6. The number of nitrogens with two attached hydrogens (primary N) is 1. The van der Waals surface area contributed by atoms with E-state index in [0.717, 1.165) is 19.3 Å². The number of rotatable bonds is 8. The van der Waals surface area contributed by atoms with Crippen LogP contribution in [0.5, 0.6) is 0 Å². The molecule has 16 heavy (non-hydrogen) atoms. The summed E-state index contributed by atoms with van der Waals surface area (Å²) in [5.74, 6) is 0.0706. The van der Waals surface area contributed by atoms with Gasteiger partial charge in [-0.1, -0.05) is 13.8 Å². The number of carbonyl (C=O) groups is 1. The number of amides is 1. The SMILES string of the molecule is CCC(CC)(CN)NC(=O)CCCOC.Cl. The molecule has 0 saturated heterocycles. The molecule has 0 spiro atoms. The Bertz CT molecular complexity index is 177. The van der Waals surface area contributed by atoms with Crippen molar-refractivity contribution in [2.75, 3.05) is 20.3 Å². The lowest BCUT2D eigenvalue weighted by Gasteiger charge is -2.31. The van der Waals surface area contributed by atoms with Crippen molar-refractivity contribution < 1.29 is 9.53 Å². The van der Waals surface area contributed by atoms with E-state index in [1.807, 2.05) is 13.8 Å². The summed E-state index contributed by atoms with van der Waals surface area (Å²) in [5, 5.41) is 3.02. The topological polar surface area (TPSA) is 64.3 Å². The molecule has 0 aliphatic carbocycles. The van der Waals surface area contributed by atoms with Gasteiger partial charge in [-0.15, -0.1) is 12.4 Å². The van der Waals surface area contributed by atoms with Crippen LogP contribution in [-0.2, 0) is 9.53 Å². The normalized spacial score (nSPS) is 10.8. The maximum atomic E-state index is 11.6. The number of ether oxygens (including phenoxy) is 1. The van der Waals surface area contributed by atoms with Crippen molar-refractivity contribution in [1.29, 1.82) is 0 Å². The Hall–Kier alpha value is -0.320. The zero-order valence-electron chi connectivity index (χ0n) is 10.5. The van der Waals surface area contributed by atoms with Crippen LogP contribution >= 0.6 is 12.4 Å². The Morgan fingerprint density at radius 1 is 1.38 bits per heavy atom. The number of hydrogen-bond donors (Lipinski definition) is 2. The molecule has 0 saturated carbocycles. The molecule has 0 atom stereocenters. The van der Waals surface area contributed by atoms with E-state index in [-0.39, 0.29) is 23.9 Å². The summed E-state index contributed by atoms with van der Waals surface area (Å²) in [6.45, 7) is 5.22. The molecule has 4 nitrogen and oxygen atoms in total. The van der Waals surface area contributed by atoms with E-state index in [1.54, 1.807) is 7.11 Å². The second kappa shape index (κ2) is 9.87. The van der Waals surface area contributed by atoms with Crippen LogP contribution in [-0.4, -0.2) is 31.7 Å². The fraction of sp³-hybridized carbons (Fsp3) is 0.909. The van der Waals surface area contributed by atoms with Gasteiger partial charge >= 0.3 is 0 Å². The van der Waals surface area contributed by atoms with E-state index in [0.29, 0.717) is 19.6 Å². The van der Waals surface area contributed by atoms with Gasteiger partial charge in [0.25, 0.3) is 0 Å². The Labute approximate surface area is 105 Å². The largest absolute Gasteiger partial charge is 0.385 e. The molecule has 0 heterocycles. The van der Waals surface area contributed by atoms with Crippen LogP contribution in [0.15, 0.2) is 0 Å². The lowest BCUT2D eigenvalue weighted by Crippen LogP contribution is -2.52. The molecule has 0 unspecified atom stereocenters. The third-order valence-electron chi connectivity index (χ3n) is 2.90. The summed E-state index contributed by atoms with van der Waals surface area (Å²) in [7, 11) is 1.64. The Kier molecular flexibility index (Phi) is 11.1. The van der Waals surface area contributed by atoms with Gasteiger partial charge in [0, 0.05) is 26.7 Å². The molecular formula is C11H25ClN2O2. The average Bonchev–Trinajstić information content (AvgIpc) is 2.26. The maximum absolute atomic E-state index is 11.6. The highest BCUT2D eigenvalue weighted by Gasteiger charge is 2.25. The molecule has 0 fully saturated rings. The van der Waals surface area contributed by atoms with Gasteiger partial charge < -0.3 is 15.8 Å². The predicted octanol–water partition coefficient (Wildman–Crippen LogP) is 1.47. The van der Waals surface area contributed by atoms with Gasteiger partial charge in [-0.2, -0.15) is 0 Å². The van der Waals surface area contributed by atoms with Crippen molar-refractivity contribution in [3.8, 4) is 0 Å². The van der Waals surface area contributed by atoms with E-state index >= 15 is 0 Å². The number of nitrogens with one attached hydrogen (secondary N) is 1. The predicted molar refractivity (Wildman–Crippen MR) is 68.9 cm³/mol. The first kappa shape index (κ1) is 18.1. The van der Waals surface area contributed by atoms with Crippen LogP contribution in [0, 0.1) is 0 Å². The zero-order chi connectivity index (χ0) is 11.7. The molecule has 0 rings (SSSR count). The van der Waals surface area contributed by atoms with Crippen LogP contribution in [0.4, 0.5) is 0 Å². The molecule has 0 aromatic carbocycles. The molecule has 3 N–H and O–H groups in total. The van der Waals surface area contributed by atoms with Crippen LogP contribution in [0.2, 0.25) is 0 Å². The molecule has 0 aromatic heterocycles. The Morgan fingerprint density at radius 3 is 2.31 bits per heavy atom. The molecule has 0 aliphatic rings. The first-order chi connectivity index (χ1) is 7.14. The number of hydrogen-bond acceptors (Lipinski definition) is 3. The van der Waals surface area contributed by atoms with Gasteiger partial charge in [-0.25, -0.2) is 0 Å². The van der Waals surface area contributed by atoms with Gasteiger partial charge in [0.05, 0.1) is 5.54 Å². The lowest BCUT2D eigenvalue weighted by atomic mass is 9.92. The smallest absolute Gasteiger partial charge is 0.220 e. The minimum absolute atomic E-state index is 0. The molecule has 0 bridgehead atoms. The van der Waals surface area contributed by atoms with Crippen LogP contribution in [0.1, 0.15) is 39.5 Å². The standard InChI is InChI=1S/C11H24N2O2.ClH/c1-4-11(5-2,9-12)13-10(14)7-6-8-15-3;/h4-9,12H2,1-3H3,(H,13,14);1H. The van der Waals surface area contributed by atoms with Crippen LogP contribution < -0.4 is 11.1 Å². The minimum Gasteiger partial charge on any atom is -0.385 e. The minimum atomic E-state index is -0.218.